The Labute approximate surface area is 168 Å². The van der Waals surface area contributed by atoms with E-state index in [0.29, 0.717) is 0 Å². The van der Waals surface area contributed by atoms with Crippen molar-refractivity contribution in [1.29, 1.82) is 0 Å². The Morgan fingerprint density at radius 2 is 1.38 bits per heavy atom. The summed E-state index contributed by atoms with van der Waals surface area (Å²) in [6.45, 7) is 0. The lowest BCUT2D eigenvalue weighted by Crippen LogP contribution is -1.86. The van der Waals surface area contributed by atoms with Crippen LogP contribution >= 0.6 is 0 Å². The Hall–Kier alpha value is -3.91. The third-order valence-corrected chi connectivity index (χ3v) is 5.52. The Morgan fingerprint density at radius 3 is 2.34 bits per heavy atom. The second-order valence-electron chi connectivity index (χ2n) is 7.27. The zero-order valence-electron chi connectivity index (χ0n) is 15.7. The van der Waals surface area contributed by atoms with E-state index in [4.69, 9.17) is 4.42 Å². The molecule has 0 saturated carbocycles. The van der Waals surface area contributed by atoms with Crippen LogP contribution in [0, 0.1) is 0 Å². The molecule has 0 saturated heterocycles. The summed E-state index contributed by atoms with van der Waals surface area (Å²) in [6, 6.07) is 33.6. The molecular weight excluding hydrogens is 354 g/mol. The van der Waals surface area contributed by atoms with Crippen LogP contribution in [0.4, 0.5) is 0 Å². The highest BCUT2D eigenvalue weighted by Gasteiger charge is 2.13. The molecule has 0 atom stereocenters. The van der Waals surface area contributed by atoms with Gasteiger partial charge in [-0.05, 0) is 52.2 Å². The Bertz CT molecular complexity index is 1510. The Kier molecular flexibility index (Phi) is 3.50. The van der Waals surface area contributed by atoms with Crippen molar-refractivity contribution in [3.8, 4) is 22.4 Å². The number of fused-ring (bicyclic) bond motifs is 4. The van der Waals surface area contributed by atoms with Gasteiger partial charge in [0.15, 0.2) is 0 Å². The fourth-order valence-corrected chi connectivity index (χ4v) is 4.08. The molecule has 0 bridgehead atoms. The summed E-state index contributed by atoms with van der Waals surface area (Å²) in [4.78, 5) is 4.66. The molecule has 2 aromatic heterocycles. The SMILES string of the molecule is c1ccc2cc(-c3ccnc(-c4cccc5c4oc4ccccc45)c3)ccc2c1. The molecule has 0 N–H and O–H groups in total. The van der Waals surface area contributed by atoms with Crippen LogP contribution in [0.3, 0.4) is 0 Å². The van der Waals surface area contributed by atoms with E-state index in [-0.39, 0.29) is 0 Å². The molecule has 0 aliphatic rings. The largest absolute Gasteiger partial charge is 0.455 e. The van der Waals surface area contributed by atoms with Gasteiger partial charge in [0.1, 0.15) is 11.2 Å². The first-order chi connectivity index (χ1) is 14.4. The highest BCUT2D eigenvalue weighted by atomic mass is 16.3. The van der Waals surface area contributed by atoms with E-state index in [1.54, 1.807) is 0 Å². The standard InChI is InChI=1S/C27H17NO/c1-2-7-19-16-20(13-12-18(19)6-1)21-14-15-28-25(17-21)24-10-5-9-23-22-8-3-4-11-26(22)29-27(23)24/h1-17H. The molecule has 6 aromatic rings. The van der Waals surface area contributed by atoms with E-state index in [1.165, 1.54) is 16.3 Å². The molecule has 0 amide bonds. The fourth-order valence-electron chi connectivity index (χ4n) is 4.08. The van der Waals surface area contributed by atoms with Gasteiger partial charge in [-0.3, -0.25) is 4.98 Å². The Morgan fingerprint density at radius 1 is 0.586 bits per heavy atom. The van der Waals surface area contributed by atoms with E-state index in [1.807, 2.05) is 24.4 Å². The predicted molar refractivity (Wildman–Crippen MR) is 120 cm³/mol. The predicted octanol–water partition coefficient (Wildman–Crippen LogP) is 7.47. The topological polar surface area (TPSA) is 26.0 Å². The van der Waals surface area contributed by atoms with Gasteiger partial charge in [0.05, 0.1) is 5.69 Å². The molecule has 2 nitrogen and oxygen atoms in total. The lowest BCUT2D eigenvalue weighted by atomic mass is 9.99. The number of aromatic nitrogens is 1. The van der Waals surface area contributed by atoms with Gasteiger partial charge in [-0.1, -0.05) is 66.7 Å². The summed E-state index contributed by atoms with van der Waals surface area (Å²) in [5.74, 6) is 0. The minimum Gasteiger partial charge on any atom is -0.455 e. The van der Waals surface area contributed by atoms with Crippen molar-refractivity contribution < 1.29 is 4.42 Å². The van der Waals surface area contributed by atoms with Crippen molar-refractivity contribution in [2.24, 2.45) is 0 Å². The first-order valence-electron chi connectivity index (χ1n) is 9.73. The summed E-state index contributed by atoms with van der Waals surface area (Å²) in [7, 11) is 0. The van der Waals surface area contributed by atoms with Crippen molar-refractivity contribution in [2.75, 3.05) is 0 Å². The number of nitrogens with zero attached hydrogens (tertiary/aromatic N) is 1. The van der Waals surface area contributed by atoms with Gasteiger partial charge >= 0.3 is 0 Å². The molecule has 2 heteroatoms. The van der Waals surface area contributed by atoms with E-state index >= 15 is 0 Å². The number of para-hydroxylation sites is 2. The second-order valence-corrected chi connectivity index (χ2v) is 7.27. The van der Waals surface area contributed by atoms with Crippen LogP contribution in [-0.4, -0.2) is 4.98 Å². The highest BCUT2D eigenvalue weighted by molar-refractivity contribution is 6.09. The number of benzene rings is 4. The van der Waals surface area contributed by atoms with Gasteiger partial charge in [-0.15, -0.1) is 0 Å². The second kappa shape index (κ2) is 6.32. The minimum absolute atomic E-state index is 0.886. The monoisotopic (exact) mass is 371 g/mol. The van der Waals surface area contributed by atoms with Crippen molar-refractivity contribution in [1.82, 2.24) is 4.98 Å². The maximum absolute atomic E-state index is 6.20. The molecule has 0 aliphatic heterocycles. The van der Waals surface area contributed by atoms with E-state index in [0.717, 1.165) is 38.8 Å². The summed E-state index contributed by atoms with van der Waals surface area (Å²) < 4.78 is 6.20. The van der Waals surface area contributed by atoms with Crippen LogP contribution in [0.25, 0.3) is 55.1 Å². The number of hydrogen-bond donors (Lipinski definition) is 0. The molecule has 0 fully saturated rings. The number of pyridine rings is 1. The van der Waals surface area contributed by atoms with Gasteiger partial charge in [-0.25, -0.2) is 0 Å². The van der Waals surface area contributed by atoms with Crippen LogP contribution in [0.5, 0.6) is 0 Å². The smallest absolute Gasteiger partial charge is 0.144 e. The molecule has 4 aromatic carbocycles. The van der Waals surface area contributed by atoms with Crippen LogP contribution in [0.1, 0.15) is 0 Å². The average molecular weight is 371 g/mol. The van der Waals surface area contributed by atoms with Crippen LogP contribution < -0.4 is 0 Å². The molecular formula is C27H17NO. The third kappa shape index (κ3) is 2.61. The van der Waals surface area contributed by atoms with Gasteiger partial charge < -0.3 is 4.42 Å². The van der Waals surface area contributed by atoms with Gasteiger partial charge in [-0.2, -0.15) is 0 Å². The highest BCUT2D eigenvalue weighted by Crippen LogP contribution is 2.36. The van der Waals surface area contributed by atoms with E-state index < -0.39 is 0 Å². The van der Waals surface area contributed by atoms with Crippen LogP contribution in [0.2, 0.25) is 0 Å². The number of hydrogen-bond acceptors (Lipinski definition) is 2. The molecule has 6 rings (SSSR count). The summed E-state index contributed by atoms with van der Waals surface area (Å²) in [6.07, 6.45) is 1.88. The minimum atomic E-state index is 0.886. The average Bonchev–Trinajstić information content (AvgIpc) is 3.18. The lowest BCUT2D eigenvalue weighted by Gasteiger charge is -2.07. The summed E-state index contributed by atoms with van der Waals surface area (Å²) in [5.41, 5.74) is 6.05. The zero-order valence-corrected chi connectivity index (χ0v) is 15.7. The maximum atomic E-state index is 6.20. The van der Waals surface area contributed by atoms with Crippen LogP contribution in [0.15, 0.2) is 108 Å². The van der Waals surface area contributed by atoms with Gasteiger partial charge in [0, 0.05) is 22.5 Å². The maximum Gasteiger partial charge on any atom is 0.144 e. The van der Waals surface area contributed by atoms with Crippen molar-refractivity contribution in [2.45, 2.75) is 0 Å². The van der Waals surface area contributed by atoms with Crippen molar-refractivity contribution in [3.63, 3.8) is 0 Å². The summed E-state index contributed by atoms with van der Waals surface area (Å²) in [5, 5.41) is 4.74. The van der Waals surface area contributed by atoms with Gasteiger partial charge in [0.2, 0.25) is 0 Å². The van der Waals surface area contributed by atoms with E-state index in [2.05, 4.69) is 83.8 Å². The quantitative estimate of drug-likeness (QED) is 0.315. The Balaban J connectivity index is 1.53. The zero-order chi connectivity index (χ0) is 19.2. The molecule has 0 unspecified atom stereocenters. The van der Waals surface area contributed by atoms with Gasteiger partial charge in [0.25, 0.3) is 0 Å². The molecule has 0 aliphatic carbocycles. The number of rotatable bonds is 2. The molecule has 0 spiro atoms. The first-order valence-corrected chi connectivity index (χ1v) is 9.73. The van der Waals surface area contributed by atoms with Crippen LogP contribution in [-0.2, 0) is 0 Å². The van der Waals surface area contributed by atoms with Crippen molar-refractivity contribution >= 4 is 32.7 Å². The normalized spacial score (nSPS) is 11.4. The molecule has 29 heavy (non-hydrogen) atoms. The van der Waals surface area contributed by atoms with Crippen molar-refractivity contribution in [3.05, 3.63) is 103 Å². The summed E-state index contributed by atoms with van der Waals surface area (Å²) >= 11 is 0. The third-order valence-electron chi connectivity index (χ3n) is 5.52. The number of furan rings is 1. The lowest BCUT2D eigenvalue weighted by molar-refractivity contribution is 0.670. The molecule has 136 valence electrons. The molecule has 0 radical (unpaired) electrons. The first kappa shape index (κ1) is 16.1. The fraction of sp³-hybridized carbons (Fsp3) is 0. The van der Waals surface area contributed by atoms with E-state index in [9.17, 15) is 0 Å². The molecule has 2 heterocycles.